The molecule has 0 unspecified atom stereocenters. The molecule has 2 bridgehead atoms. The molecular weight excluding hydrogens is 302 g/mol. The Balaban J connectivity index is 1.70. The Hall–Kier alpha value is -1.30. The van der Waals surface area contributed by atoms with Gasteiger partial charge in [-0.3, -0.25) is 4.79 Å². The average Bonchev–Trinajstić information content (AvgIpc) is 3.09. The highest BCUT2D eigenvalue weighted by Crippen LogP contribution is 2.69. The molecule has 0 N–H and O–H groups in total. The van der Waals surface area contributed by atoms with E-state index in [1.54, 1.807) is 12.1 Å². The van der Waals surface area contributed by atoms with Crippen LogP contribution in [0.25, 0.3) is 0 Å². The maximum absolute atomic E-state index is 12.7. The molecule has 22 heavy (non-hydrogen) atoms. The number of rotatable bonds is 2. The van der Waals surface area contributed by atoms with Crippen molar-refractivity contribution in [3.05, 3.63) is 24.2 Å². The van der Waals surface area contributed by atoms with Gasteiger partial charge in [0.1, 0.15) is 5.76 Å². The van der Waals surface area contributed by atoms with E-state index >= 15 is 0 Å². The zero-order chi connectivity index (χ0) is 15.8. The van der Waals surface area contributed by atoms with Crippen LogP contribution in [0, 0.1) is 16.7 Å². The molecule has 120 valence electrons. The van der Waals surface area contributed by atoms with Crippen LogP contribution in [-0.4, -0.2) is 30.4 Å². The first kappa shape index (κ1) is 14.3. The van der Waals surface area contributed by atoms with Crippen LogP contribution < -0.4 is 0 Å². The van der Waals surface area contributed by atoms with Gasteiger partial charge in [0.05, 0.1) is 24.5 Å². The Kier molecular flexibility index (Phi) is 2.70. The lowest BCUT2D eigenvalue weighted by atomic mass is 9.69. The van der Waals surface area contributed by atoms with Gasteiger partial charge in [0.15, 0.2) is 0 Å². The lowest BCUT2D eigenvalue weighted by molar-refractivity contribution is -0.128. The van der Waals surface area contributed by atoms with Gasteiger partial charge in [0.25, 0.3) is 0 Å². The predicted molar refractivity (Wildman–Crippen MR) is 80.4 cm³/mol. The maximum atomic E-state index is 12.7. The molecule has 1 spiro atoms. The molecule has 1 amide bonds. The van der Waals surface area contributed by atoms with E-state index in [4.69, 9.17) is 4.42 Å². The fraction of sp³-hybridized carbons (Fsp3) is 0.688. The van der Waals surface area contributed by atoms with Crippen LogP contribution in [0.5, 0.6) is 0 Å². The number of furan rings is 1. The molecule has 2 aliphatic carbocycles. The minimum absolute atomic E-state index is 0.00948. The summed E-state index contributed by atoms with van der Waals surface area (Å²) in [6, 6.07) is 3.26. The Morgan fingerprint density at radius 1 is 1.45 bits per heavy atom. The molecule has 0 radical (unpaired) electrons. The quantitative estimate of drug-likeness (QED) is 0.836. The third-order valence-corrected chi connectivity index (χ3v) is 8.50. The third-order valence-electron chi connectivity index (χ3n) is 6.56. The van der Waals surface area contributed by atoms with Crippen LogP contribution in [0.15, 0.2) is 22.8 Å². The average molecular weight is 323 g/mol. The largest absolute Gasteiger partial charge is 0.469 e. The zero-order valence-electron chi connectivity index (χ0n) is 12.9. The van der Waals surface area contributed by atoms with E-state index in [1.807, 2.05) is 0 Å². The van der Waals surface area contributed by atoms with Crippen molar-refractivity contribution in [3.8, 4) is 0 Å². The number of hydrogen-bond donors (Lipinski definition) is 0. The summed E-state index contributed by atoms with van der Waals surface area (Å²) in [6.45, 7) is 4.36. The van der Waals surface area contributed by atoms with E-state index in [-0.39, 0.29) is 35.0 Å². The fourth-order valence-electron chi connectivity index (χ4n) is 5.26. The number of amides is 1. The second-order valence-corrected chi connectivity index (χ2v) is 9.41. The van der Waals surface area contributed by atoms with Crippen molar-refractivity contribution in [1.29, 1.82) is 0 Å². The molecule has 6 heteroatoms. The second-order valence-electron chi connectivity index (χ2n) is 7.57. The van der Waals surface area contributed by atoms with Gasteiger partial charge >= 0.3 is 0 Å². The Morgan fingerprint density at radius 2 is 2.23 bits per heavy atom. The minimum atomic E-state index is -3.52. The number of fused-ring (bicyclic) bond motifs is 1. The minimum Gasteiger partial charge on any atom is -0.469 e. The van der Waals surface area contributed by atoms with Crippen LogP contribution in [-0.2, 0) is 21.2 Å². The first-order valence-corrected chi connectivity index (χ1v) is 9.46. The van der Waals surface area contributed by atoms with Gasteiger partial charge in [-0.2, -0.15) is 0 Å². The van der Waals surface area contributed by atoms with E-state index < -0.39 is 10.0 Å². The van der Waals surface area contributed by atoms with Gasteiger partial charge in [-0.25, -0.2) is 12.7 Å². The van der Waals surface area contributed by atoms with Crippen LogP contribution in [0.1, 0.15) is 38.9 Å². The van der Waals surface area contributed by atoms with Gasteiger partial charge in [-0.1, -0.05) is 13.8 Å². The smallest absolute Gasteiger partial charge is 0.243 e. The van der Waals surface area contributed by atoms with Crippen LogP contribution in [0.2, 0.25) is 0 Å². The number of nitrogens with zero attached hydrogens (tertiary/aromatic N) is 1. The predicted octanol–water partition coefficient (Wildman–Crippen LogP) is 2.19. The SMILES string of the molecule is CC1(C)[C@@H]2CC[C@]13CS(=O)(=O)N(C(=O)Cc1ccco1)[C@@H]3C2. The van der Waals surface area contributed by atoms with Crippen molar-refractivity contribution < 1.29 is 17.6 Å². The summed E-state index contributed by atoms with van der Waals surface area (Å²) in [7, 11) is -3.52. The van der Waals surface area contributed by atoms with Crippen molar-refractivity contribution in [2.24, 2.45) is 16.7 Å². The lowest BCUT2D eigenvalue weighted by Gasteiger charge is -2.37. The summed E-state index contributed by atoms with van der Waals surface area (Å²) in [5.41, 5.74) is -0.264. The van der Waals surface area contributed by atoms with E-state index in [2.05, 4.69) is 13.8 Å². The molecule has 1 aromatic rings. The van der Waals surface area contributed by atoms with Crippen molar-refractivity contribution in [2.75, 3.05) is 5.75 Å². The highest BCUT2D eigenvalue weighted by atomic mass is 32.2. The molecule has 2 saturated carbocycles. The fourth-order valence-corrected chi connectivity index (χ4v) is 7.81. The van der Waals surface area contributed by atoms with E-state index in [1.165, 1.54) is 10.6 Å². The number of hydrogen-bond acceptors (Lipinski definition) is 4. The number of carbonyl (C=O) groups excluding carboxylic acids is 1. The molecular formula is C16H21NO4S. The molecule has 5 nitrogen and oxygen atoms in total. The topological polar surface area (TPSA) is 67.6 Å². The van der Waals surface area contributed by atoms with Gasteiger partial charge in [-0.05, 0) is 42.7 Å². The molecule has 4 rings (SSSR count). The molecule has 2 heterocycles. The van der Waals surface area contributed by atoms with Crippen LogP contribution in [0.4, 0.5) is 0 Å². The van der Waals surface area contributed by atoms with Gasteiger partial charge in [0, 0.05) is 5.41 Å². The van der Waals surface area contributed by atoms with Crippen LogP contribution >= 0.6 is 0 Å². The van der Waals surface area contributed by atoms with Crippen LogP contribution in [0.3, 0.4) is 0 Å². The first-order chi connectivity index (χ1) is 10.3. The lowest BCUT2D eigenvalue weighted by Crippen LogP contribution is -2.44. The summed E-state index contributed by atoms with van der Waals surface area (Å²) in [6.07, 6.45) is 4.33. The number of sulfonamides is 1. The molecule has 1 saturated heterocycles. The van der Waals surface area contributed by atoms with Crippen molar-refractivity contribution in [3.63, 3.8) is 0 Å². The normalized spacial score (nSPS) is 37.5. The Morgan fingerprint density at radius 3 is 2.86 bits per heavy atom. The number of carbonyl (C=O) groups is 1. The summed E-state index contributed by atoms with van der Waals surface area (Å²) >= 11 is 0. The summed E-state index contributed by atoms with van der Waals surface area (Å²) < 4.78 is 31.8. The molecule has 3 atom stereocenters. The maximum Gasteiger partial charge on any atom is 0.243 e. The summed E-state index contributed by atoms with van der Waals surface area (Å²) in [5, 5.41) is 0. The van der Waals surface area contributed by atoms with Gasteiger partial charge < -0.3 is 4.42 Å². The second kappa shape index (κ2) is 4.16. The molecule has 3 aliphatic rings. The molecule has 1 aromatic heterocycles. The molecule has 3 fully saturated rings. The van der Waals surface area contributed by atoms with Gasteiger partial charge in [-0.15, -0.1) is 0 Å². The summed E-state index contributed by atoms with van der Waals surface area (Å²) in [5.74, 6) is 0.813. The van der Waals surface area contributed by atoms with Crippen molar-refractivity contribution in [1.82, 2.24) is 4.31 Å². The standard InChI is InChI=1S/C16H21NO4S/c1-15(2)11-5-6-16(15)10-22(19,20)17(13(16)8-11)14(18)9-12-4-3-7-21-12/h3-4,7,11,13H,5-6,8-10H2,1-2H3/t11-,13-,16-/m1/s1. The Labute approximate surface area is 130 Å². The summed E-state index contributed by atoms with van der Waals surface area (Å²) in [4.78, 5) is 12.6. The van der Waals surface area contributed by atoms with Crippen molar-refractivity contribution in [2.45, 2.75) is 45.6 Å². The van der Waals surface area contributed by atoms with E-state index in [0.29, 0.717) is 11.7 Å². The molecule has 1 aliphatic heterocycles. The van der Waals surface area contributed by atoms with E-state index in [0.717, 1.165) is 19.3 Å². The Bertz CT molecular complexity index is 721. The van der Waals surface area contributed by atoms with Gasteiger partial charge in [0.2, 0.25) is 15.9 Å². The highest BCUT2D eigenvalue weighted by Gasteiger charge is 2.72. The monoisotopic (exact) mass is 323 g/mol. The zero-order valence-corrected chi connectivity index (χ0v) is 13.7. The molecule has 0 aromatic carbocycles. The highest BCUT2D eigenvalue weighted by molar-refractivity contribution is 7.90. The first-order valence-electron chi connectivity index (χ1n) is 7.85. The van der Waals surface area contributed by atoms with E-state index in [9.17, 15) is 13.2 Å². The van der Waals surface area contributed by atoms with Crippen molar-refractivity contribution >= 4 is 15.9 Å². The third kappa shape index (κ3) is 1.59.